The first-order valence-corrected chi connectivity index (χ1v) is 7.25. The normalized spacial score (nSPS) is 23.1. The summed E-state index contributed by atoms with van der Waals surface area (Å²) in [6.45, 7) is 3.22. The Labute approximate surface area is 116 Å². The molecule has 1 aromatic carbocycles. The molecule has 2 atom stereocenters. The Morgan fingerprint density at radius 1 is 1.11 bits per heavy atom. The molecule has 1 saturated carbocycles. The van der Waals surface area contributed by atoms with Crippen molar-refractivity contribution in [3.8, 4) is 11.5 Å². The molecular weight excluding hydrogens is 238 g/mol. The van der Waals surface area contributed by atoms with Crippen molar-refractivity contribution in [1.29, 1.82) is 0 Å². The molecule has 2 unspecified atom stereocenters. The van der Waals surface area contributed by atoms with E-state index in [4.69, 9.17) is 9.47 Å². The molecule has 1 aromatic rings. The van der Waals surface area contributed by atoms with Crippen molar-refractivity contribution in [2.75, 3.05) is 20.8 Å². The van der Waals surface area contributed by atoms with Crippen LogP contribution in [-0.2, 0) is 0 Å². The van der Waals surface area contributed by atoms with Gasteiger partial charge in [0.1, 0.15) is 0 Å². The van der Waals surface area contributed by atoms with Crippen LogP contribution in [0.2, 0.25) is 0 Å². The summed E-state index contributed by atoms with van der Waals surface area (Å²) >= 11 is 0. The lowest BCUT2D eigenvalue weighted by Crippen LogP contribution is -2.37. The molecule has 0 bridgehead atoms. The van der Waals surface area contributed by atoms with Crippen LogP contribution in [0, 0.1) is 0 Å². The van der Waals surface area contributed by atoms with Crippen molar-refractivity contribution in [2.24, 2.45) is 0 Å². The van der Waals surface area contributed by atoms with Gasteiger partial charge in [0.2, 0.25) is 0 Å². The molecule has 1 N–H and O–H groups in total. The Hall–Kier alpha value is -1.22. The fraction of sp³-hybridized carbons (Fsp3) is 0.625. The van der Waals surface area contributed by atoms with Gasteiger partial charge >= 0.3 is 0 Å². The monoisotopic (exact) mass is 263 g/mol. The van der Waals surface area contributed by atoms with Crippen LogP contribution in [0.5, 0.6) is 11.5 Å². The Kier molecular flexibility index (Phi) is 5.08. The second-order valence-electron chi connectivity index (χ2n) is 5.17. The summed E-state index contributed by atoms with van der Waals surface area (Å²) in [5.74, 6) is 2.23. The molecule has 1 fully saturated rings. The van der Waals surface area contributed by atoms with Crippen LogP contribution in [0.25, 0.3) is 0 Å². The van der Waals surface area contributed by atoms with Gasteiger partial charge in [-0.05, 0) is 43.0 Å². The lowest BCUT2D eigenvalue weighted by molar-refractivity contribution is 0.328. The number of methoxy groups -OCH3 is 2. The van der Waals surface area contributed by atoms with Gasteiger partial charge in [0.15, 0.2) is 11.5 Å². The molecule has 0 spiro atoms. The van der Waals surface area contributed by atoms with Crippen LogP contribution in [0.15, 0.2) is 18.2 Å². The van der Waals surface area contributed by atoms with Gasteiger partial charge in [-0.3, -0.25) is 0 Å². The topological polar surface area (TPSA) is 30.5 Å². The van der Waals surface area contributed by atoms with E-state index in [-0.39, 0.29) is 0 Å². The molecule has 2 rings (SSSR count). The molecule has 0 radical (unpaired) electrons. The summed E-state index contributed by atoms with van der Waals surface area (Å²) < 4.78 is 10.7. The standard InChI is InChI=1S/C16H25NO2/c1-4-17-14-8-6-5-7-13(14)12-9-10-15(18-2)16(11-12)19-3/h9-11,13-14,17H,4-8H2,1-3H3. The fourth-order valence-corrected chi connectivity index (χ4v) is 3.12. The van der Waals surface area contributed by atoms with E-state index >= 15 is 0 Å². The van der Waals surface area contributed by atoms with Gasteiger partial charge in [0, 0.05) is 6.04 Å². The first kappa shape index (κ1) is 14.2. The zero-order valence-electron chi connectivity index (χ0n) is 12.2. The van der Waals surface area contributed by atoms with Crippen LogP contribution in [-0.4, -0.2) is 26.8 Å². The first-order valence-electron chi connectivity index (χ1n) is 7.25. The predicted molar refractivity (Wildman–Crippen MR) is 78.2 cm³/mol. The van der Waals surface area contributed by atoms with E-state index in [1.54, 1.807) is 14.2 Å². The molecule has 0 heterocycles. The molecule has 1 aliphatic carbocycles. The van der Waals surface area contributed by atoms with Crippen molar-refractivity contribution < 1.29 is 9.47 Å². The Balaban J connectivity index is 2.23. The number of likely N-dealkylation sites (N-methyl/N-ethyl adjacent to an activating group) is 1. The Bertz CT molecular complexity index is 404. The maximum atomic E-state index is 5.42. The second-order valence-corrected chi connectivity index (χ2v) is 5.17. The maximum absolute atomic E-state index is 5.42. The van der Waals surface area contributed by atoms with Gasteiger partial charge in [-0.2, -0.15) is 0 Å². The highest BCUT2D eigenvalue weighted by Crippen LogP contribution is 2.37. The molecule has 0 saturated heterocycles. The largest absolute Gasteiger partial charge is 0.493 e. The lowest BCUT2D eigenvalue weighted by Gasteiger charge is -2.32. The average Bonchev–Trinajstić information content (AvgIpc) is 2.47. The summed E-state index contributed by atoms with van der Waals surface area (Å²) in [6.07, 6.45) is 5.18. The van der Waals surface area contributed by atoms with Gasteiger partial charge in [-0.1, -0.05) is 25.8 Å². The molecule has 106 valence electrons. The molecule has 0 aliphatic heterocycles. The average molecular weight is 263 g/mol. The van der Waals surface area contributed by atoms with E-state index in [0.29, 0.717) is 12.0 Å². The number of hydrogen-bond acceptors (Lipinski definition) is 3. The molecule has 0 amide bonds. The van der Waals surface area contributed by atoms with Gasteiger partial charge in [-0.25, -0.2) is 0 Å². The predicted octanol–water partition coefficient (Wildman–Crippen LogP) is 3.34. The van der Waals surface area contributed by atoms with Crippen LogP contribution < -0.4 is 14.8 Å². The van der Waals surface area contributed by atoms with Crippen molar-refractivity contribution in [2.45, 2.75) is 44.6 Å². The minimum atomic E-state index is 0.591. The van der Waals surface area contributed by atoms with Gasteiger partial charge in [-0.15, -0.1) is 0 Å². The fourth-order valence-electron chi connectivity index (χ4n) is 3.12. The minimum absolute atomic E-state index is 0.591. The van der Waals surface area contributed by atoms with Crippen LogP contribution in [0.1, 0.15) is 44.1 Å². The third kappa shape index (κ3) is 3.21. The number of hydrogen-bond donors (Lipinski definition) is 1. The molecule has 3 nitrogen and oxygen atoms in total. The second kappa shape index (κ2) is 6.80. The molecule has 19 heavy (non-hydrogen) atoms. The van der Waals surface area contributed by atoms with Crippen LogP contribution in [0.4, 0.5) is 0 Å². The Morgan fingerprint density at radius 2 is 1.84 bits per heavy atom. The van der Waals surface area contributed by atoms with E-state index in [1.807, 2.05) is 6.07 Å². The summed E-state index contributed by atoms with van der Waals surface area (Å²) in [6, 6.07) is 6.93. The summed E-state index contributed by atoms with van der Waals surface area (Å²) in [5, 5.41) is 3.63. The third-order valence-corrected chi connectivity index (χ3v) is 4.07. The summed E-state index contributed by atoms with van der Waals surface area (Å²) in [7, 11) is 3.38. The highest BCUT2D eigenvalue weighted by Gasteiger charge is 2.26. The van der Waals surface area contributed by atoms with Crippen molar-refractivity contribution in [1.82, 2.24) is 5.32 Å². The smallest absolute Gasteiger partial charge is 0.160 e. The van der Waals surface area contributed by atoms with Crippen LogP contribution >= 0.6 is 0 Å². The van der Waals surface area contributed by atoms with Crippen LogP contribution in [0.3, 0.4) is 0 Å². The first-order chi connectivity index (χ1) is 9.30. The van der Waals surface area contributed by atoms with E-state index < -0.39 is 0 Å². The summed E-state index contributed by atoms with van der Waals surface area (Å²) in [5.41, 5.74) is 1.36. The highest BCUT2D eigenvalue weighted by atomic mass is 16.5. The highest BCUT2D eigenvalue weighted by molar-refractivity contribution is 5.44. The lowest BCUT2D eigenvalue weighted by atomic mass is 9.80. The number of benzene rings is 1. The third-order valence-electron chi connectivity index (χ3n) is 4.07. The van der Waals surface area contributed by atoms with E-state index in [1.165, 1.54) is 31.2 Å². The Morgan fingerprint density at radius 3 is 2.53 bits per heavy atom. The molecule has 1 aliphatic rings. The van der Waals surface area contributed by atoms with Gasteiger partial charge < -0.3 is 14.8 Å². The van der Waals surface area contributed by atoms with Gasteiger partial charge in [0.25, 0.3) is 0 Å². The molecular formula is C16H25NO2. The molecule has 0 aromatic heterocycles. The van der Waals surface area contributed by atoms with Crippen molar-refractivity contribution in [3.63, 3.8) is 0 Å². The van der Waals surface area contributed by atoms with E-state index in [9.17, 15) is 0 Å². The van der Waals surface area contributed by atoms with Gasteiger partial charge in [0.05, 0.1) is 14.2 Å². The number of nitrogens with one attached hydrogen (secondary N) is 1. The maximum Gasteiger partial charge on any atom is 0.160 e. The number of ether oxygens (including phenoxy) is 2. The zero-order chi connectivity index (χ0) is 13.7. The quantitative estimate of drug-likeness (QED) is 0.884. The van der Waals surface area contributed by atoms with E-state index in [0.717, 1.165) is 18.0 Å². The molecule has 3 heteroatoms. The minimum Gasteiger partial charge on any atom is -0.493 e. The zero-order valence-corrected chi connectivity index (χ0v) is 12.2. The summed E-state index contributed by atoms with van der Waals surface area (Å²) in [4.78, 5) is 0. The SMILES string of the molecule is CCNC1CCCCC1c1ccc(OC)c(OC)c1. The number of rotatable bonds is 5. The van der Waals surface area contributed by atoms with Crippen molar-refractivity contribution in [3.05, 3.63) is 23.8 Å². The van der Waals surface area contributed by atoms with Crippen molar-refractivity contribution >= 4 is 0 Å². The van der Waals surface area contributed by atoms with E-state index in [2.05, 4.69) is 24.4 Å².